The molecule has 2 atom stereocenters. The van der Waals surface area contributed by atoms with Crippen molar-refractivity contribution in [3.8, 4) is 17.2 Å². The molecule has 0 bridgehead atoms. The minimum atomic E-state index is -4.56. The van der Waals surface area contributed by atoms with Gasteiger partial charge in [-0.05, 0) is 48.9 Å². The lowest BCUT2D eigenvalue weighted by molar-refractivity contribution is -0.173. The monoisotopic (exact) mass is 474 g/mol. The number of nitrogens with one attached hydrogen (secondary N) is 2. The highest BCUT2D eigenvalue weighted by Crippen LogP contribution is 2.45. The van der Waals surface area contributed by atoms with Crippen molar-refractivity contribution in [2.75, 3.05) is 24.0 Å². The van der Waals surface area contributed by atoms with Crippen LogP contribution in [0, 0.1) is 0 Å². The predicted octanol–water partition coefficient (Wildman–Crippen LogP) is 4.92. The van der Waals surface area contributed by atoms with Crippen LogP contribution in [0.1, 0.15) is 41.5 Å². The van der Waals surface area contributed by atoms with E-state index in [1.807, 2.05) is 6.92 Å². The van der Waals surface area contributed by atoms with Crippen molar-refractivity contribution in [1.82, 2.24) is 9.78 Å². The normalized spacial score (nSPS) is 18.7. The van der Waals surface area contributed by atoms with E-state index in [0.29, 0.717) is 35.1 Å². The second-order valence-electron chi connectivity index (χ2n) is 7.87. The number of hydrogen-bond donors (Lipinski definition) is 2. The van der Waals surface area contributed by atoms with E-state index in [1.54, 1.807) is 42.5 Å². The fourth-order valence-electron chi connectivity index (χ4n) is 4.03. The first kappa shape index (κ1) is 21.9. The van der Waals surface area contributed by atoms with Gasteiger partial charge >= 0.3 is 6.18 Å². The molecule has 8 nitrogen and oxygen atoms in total. The van der Waals surface area contributed by atoms with Crippen LogP contribution in [-0.4, -0.2) is 35.3 Å². The van der Waals surface area contributed by atoms with Gasteiger partial charge in [0.2, 0.25) is 6.79 Å². The molecule has 1 aromatic heterocycles. The van der Waals surface area contributed by atoms with Gasteiger partial charge in [0.05, 0.1) is 12.6 Å². The number of fused-ring (bicyclic) bond motifs is 2. The molecule has 5 rings (SSSR count). The lowest BCUT2D eigenvalue weighted by Gasteiger charge is -2.33. The van der Waals surface area contributed by atoms with Crippen LogP contribution in [0.2, 0.25) is 0 Å². The summed E-state index contributed by atoms with van der Waals surface area (Å²) in [5, 5.41) is 9.71. The van der Waals surface area contributed by atoms with E-state index in [9.17, 15) is 18.0 Å². The minimum absolute atomic E-state index is 0.0711. The van der Waals surface area contributed by atoms with E-state index in [0.717, 1.165) is 4.68 Å². The van der Waals surface area contributed by atoms with Crippen LogP contribution < -0.4 is 24.8 Å². The second kappa shape index (κ2) is 8.47. The summed E-state index contributed by atoms with van der Waals surface area (Å²) >= 11 is 0. The van der Waals surface area contributed by atoms with E-state index in [-0.39, 0.29) is 24.7 Å². The van der Waals surface area contributed by atoms with E-state index >= 15 is 0 Å². The molecule has 0 unspecified atom stereocenters. The maximum Gasteiger partial charge on any atom is 0.410 e. The topological polar surface area (TPSA) is 86.6 Å². The van der Waals surface area contributed by atoms with E-state index in [4.69, 9.17) is 14.2 Å². The van der Waals surface area contributed by atoms with Gasteiger partial charge in [-0.15, -0.1) is 0 Å². The Bertz CT molecular complexity index is 1210. The SMILES string of the molecule is CCOc1ccc(NC(=O)c2cc3n(n2)[C@H](C(F)(F)F)C[C@@H](c2ccc4c(c2)OCO4)N3)cc1. The van der Waals surface area contributed by atoms with Gasteiger partial charge in [-0.2, -0.15) is 18.3 Å². The van der Waals surface area contributed by atoms with Crippen molar-refractivity contribution >= 4 is 17.4 Å². The van der Waals surface area contributed by atoms with Crippen molar-refractivity contribution in [1.29, 1.82) is 0 Å². The molecule has 2 N–H and O–H groups in total. The molecule has 0 saturated heterocycles. The standard InChI is InChI=1S/C23H21F3N4O4/c1-2-32-15-6-4-14(5-7-15)27-22(31)17-11-21-28-16(10-20(23(24,25)26)30(21)29-17)13-3-8-18-19(9-13)34-12-33-18/h3-9,11,16,20,28H,2,10,12H2,1H3,(H,27,31)/t16-,20-/m0/s1. The Morgan fingerprint density at radius 2 is 1.94 bits per heavy atom. The summed E-state index contributed by atoms with van der Waals surface area (Å²) in [4.78, 5) is 12.7. The number of alkyl halides is 3. The molecule has 2 aliphatic rings. The number of halogens is 3. The molecule has 178 valence electrons. The van der Waals surface area contributed by atoms with Gasteiger partial charge < -0.3 is 24.8 Å². The third-order valence-electron chi connectivity index (χ3n) is 5.64. The Kier molecular flexibility index (Phi) is 5.46. The summed E-state index contributed by atoms with van der Waals surface area (Å²) in [6, 6.07) is 10.5. The maximum absolute atomic E-state index is 13.9. The Hall–Kier alpha value is -3.89. The molecule has 1 amide bonds. The quantitative estimate of drug-likeness (QED) is 0.546. The minimum Gasteiger partial charge on any atom is -0.494 e. The van der Waals surface area contributed by atoms with Gasteiger partial charge in [0, 0.05) is 18.2 Å². The fourth-order valence-corrected chi connectivity index (χ4v) is 4.03. The lowest BCUT2D eigenvalue weighted by atomic mass is 9.96. The van der Waals surface area contributed by atoms with Gasteiger partial charge in [0.1, 0.15) is 11.6 Å². The number of ether oxygens (including phenoxy) is 3. The van der Waals surface area contributed by atoms with Crippen molar-refractivity contribution < 1.29 is 32.2 Å². The third kappa shape index (κ3) is 4.20. The molecule has 0 aliphatic carbocycles. The van der Waals surface area contributed by atoms with Gasteiger partial charge in [-0.3, -0.25) is 4.79 Å². The Balaban J connectivity index is 1.39. The van der Waals surface area contributed by atoms with E-state index < -0.39 is 24.2 Å². The highest BCUT2D eigenvalue weighted by atomic mass is 19.4. The summed E-state index contributed by atoms with van der Waals surface area (Å²) in [6.45, 7) is 2.43. The molecular weight excluding hydrogens is 453 g/mol. The summed E-state index contributed by atoms with van der Waals surface area (Å²) in [7, 11) is 0. The molecule has 11 heteroatoms. The summed E-state index contributed by atoms with van der Waals surface area (Å²) in [6.07, 6.45) is -4.85. The Morgan fingerprint density at radius 3 is 2.68 bits per heavy atom. The Morgan fingerprint density at radius 1 is 1.18 bits per heavy atom. The molecule has 0 fully saturated rings. The van der Waals surface area contributed by atoms with Crippen molar-refractivity contribution in [3.63, 3.8) is 0 Å². The van der Waals surface area contributed by atoms with Crippen LogP contribution in [0.4, 0.5) is 24.7 Å². The highest BCUT2D eigenvalue weighted by molar-refractivity contribution is 6.03. The number of benzene rings is 2. The largest absolute Gasteiger partial charge is 0.494 e. The molecular formula is C23H21F3N4O4. The van der Waals surface area contributed by atoms with Gasteiger partial charge in [0.15, 0.2) is 23.2 Å². The fraction of sp³-hybridized carbons (Fsp3) is 0.304. The Labute approximate surface area is 192 Å². The summed E-state index contributed by atoms with van der Waals surface area (Å²) in [5.74, 6) is 1.16. The number of carbonyl (C=O) groups excluding carboxylic acids is 1. The van der Waals surface area contributed by atoms with Crippen molar-refractivity contribution in [2.45, 2.75) is 31.6 Å². The first-order chi connectivity index (χ1) is 16.3. The van der Waals surface area contributed by atoms with Crippen LogP contribution >= 0.6 is 0 Å². The molecule has 2 aromatic carbocycles. The molecule has 0 spiro atoms. The average molecular weight is 474 g/mol. The van der Waals surface area contributed by atoms with Crippen molar-refractivity contribution in [2.24, 2.45) is 0 Å². The molecule has 0 saturated carbocycles. The zero-order valence-corrected chi connectivity index (χ0v) is 18.1. The smallest absolute Gasteiger partial charge is 0.410 e. The number of aromatic nitrogens is 2. The van der Waals surface area contributed by atoms with Gasteiger partial charge in [0.25, 0.3) is 5.91 Å². The van der Waals surface area contributed by atoms with E-state index in [1.165, 1.54) is 6.07 Å². The first-order valence-electron chi connectivity index (χ1n) is 10.7. The summed E-state index contributed by atoms with van der Waals surface area (Å²) in [5.41, 5.74) is 0.960. The van der Waals surface area contributed by atoms with Gasteiger partial charge in [-0.1, -0.05) is 6.07 Å². The zero-order valence-electron chi connectivity index (χ0n) is 18.1. The molecule has 3 aromatic rings. The number of hydrogen-bond acceptors (Lipinski definition) is 6. The maximum atomic E-state index is 13.9. The molecule has 34 heavy (non-hydrogen) atoms. The molecule has 2 aliphatic heterocycles. The summed E-state index contributed by atoms with van der Waals surface area (Å²) < 4.78 is 58.7. The highest BCUT2D eigenvalue weighted by Gasteiger charge is 2.47. The van der Waals surface area contributed by atoms with Crippen LogP contribution in [0.25, 0.3) is 0 Å². The lowest BCUT2D eigenvalue weighted by Crippen LogP contribution is -2.35. The van der Waals surface area contributed by atoms with Crippen LogP contribution in [-0.2, 0) is 0 Å². The average Bonchev–Trinajstić information content (AvgIpc) is 3.45. The number of nitrogens with zero attached hydrogens (tertiary/aromatic N) is 2. The number of carbonyl (C=O) groups is 1. The van der Waals surface area contributed by atoms with Crippen LogP contribution in [0.3, 0.4) is 0 Å². The number of amides is 1. The predicted molar refractivity (Wildman–Crippen MR) is 116 cm³/mol. The number of rotatable bonds is 5. The van der Waals surface area contributed by atoms with Crippen LogP contribution in [0.5, 0.6) is 17.2 Å². The first-order valence-corrected chi connectivity index (χ1v) is 10.7. The van der Waals surface area contributed by atoms with E-state index in [2.05, 4.69) is 15.7 Å². The molecule has 0 radical (unpaired) electrons. The van der Waals surface area contributed by atoms with Gasteiger partial charge in [-0.25, -0.2) is 4.68 Å². The number of anilines is 2. The second-order valence-corrected chi connectivity index (χ2v) is 7.87. The van der Waals surface area contributed by atoms with Crippen molar-refractivity contribution in [3.05, 3.63) is 59.8 Å². The third-order valence-corrected chi connectivity index (χ3v) is 5.64. The molecule has 3 heterocycles. The zero-order chi connectivity index (χ0) is 23.9. The van der Waals surface area contributed by atoms with Crippen LogP contribution in [0.15, 0.2) is 48.5 Å².